The second-order valence-electron chi connectivity index (χ2n) is 15.9. The summed E-state index contributed by atoms with van der Waals surface area (Å²) in [5.41, 5.74) is 5.21. The molecule has 5 aromatic rings. The number of halogens is 1. The predicted octanol–water partition coefficient (Wildman–Crippen LogP) is 5.05. The van der Waals surface area contributed by atoms with E-state index in [2.05, 4.69) is 36.8 Å². The maximum absolute atomic E-state index is 14.6. The molecule has 3 aliphatic heterocycles. The van der Waals surface area contributed by atoms with Crippen LogP contribution in [0.4, 0.5) is 10.2 Å². The molecule has 4 fully saturated rings. The molecule has 3 aromatic heterocycles. The van der Waals surface area contributed by atoms with E-state index in [1.807, 2.05) is 50.4 Å². The number of nitrogens with zero attached hydrogens (tertiary/aromatic N) is 7. The molecule has 3 atom stereocenters. The Morgan fingerprint density at radius 3 is 2.65 bits per heavy atom. The highest BCUT2D eigenvalue weighted by molar-refractivity contribution is 5.98. The SMILES string of the molecule is C/C=C(F)/C=c1/[nH]nc/c1=C\c1c(C2CC2)cc2c(N3CC4CC3CN4)nc(OC3CCOCC3)nc2c1OCc1ccc(-c2cn(C(C=O)C(C)C)nn2)cc1. The molecule has 2 N–H and O–H groups in total. The minimum absolute atomic E-state index is 0.0535. The number of hydrogen-bond acceptors (Lipinski definition) is 11. The van der Waals surface area contributed by atoms with Crippen LogP contribution in [-0.4, -0.2) is 85.9 Å². The lowest BCUT2D eigenvalue weighted by atomic mass is 9.97. The average Bonchev–Trinajstić information content (AvgIpc) is 3.54. The van der Waals surface area contributed by atoms with Gasteiger partial charge in [0.15, 0.2) is 5.75 Å². The molecule has 6 heterocycles. The van der Waals surface area contributed by atoms with Gasteiger partial charge in [-0.2, -0.15) is 15.1 Å². The first-order chi connectivity index (χ1) is 27.8. The number of nitrogens with one attached hydrogen (secondary N) is 2. The molecule has 1 saturated carbocycles. The lowest BCUT2D eigenvalue weighted by Crippen LogP contribution is -2.44. The van der Waals surface area contributed by atoms with E-state index in [0.29, 0.717) is 59.5 Å². The van der Waals surface area contributed by atoms with Crippen LogP contribution in [0.2, 0.25) is 0 Å². The quantitative estimate of drug-likeness (QED) is 0.155. The molecule has 1 aliphatic carbocycles. The standard InChI is InChI=1S/C43H48FN9O4/c1-4-30(44)16-37-29(19-46-49-37)15-35-34(27-9-10-27)18-36-40(47-43(57-33-11-13-55-14-12-33)48-42(36)52-21-31-17-32(52)20-45-31)41(35)56-24-26-5-7-28(8-6-26)38-22-53(51-50-38)39(23-54)25(2)3/h4-8,15-16,18-19,22-23,25,27,31-33,39,45,49H,9-14,17,20-21,24H2,1-3H3/b29-15+,30-4-,37-16+. The predicted molar refractivity (Wildman–Crippen MR) is 214 cm³/mol. The Labute approximate surface area is 330 Å². The van der Waals surface area contributed by atoms with Crippen molar-refractivity contribution in [1.29, 1.82) is 0 Å². The normalized spacial score (nSPS) is 21.3. The van der Waals surface area contributed by atoms with Gasteiger partial charge in [-0.05, 0) is 67.4 Å². The number of aromatic amines is 1. The first-order valence-corrected chi connectivity index (χ1v) is 20.1. The number of anilines is 1. The van der Waals surface area contributed by atoms with Crippen molar-refractivity contribution in [2.24, 2.45) is 5.92 Å². The van der Waals surface area contributed by atoms with Crippen molar-refractivity contribution in [2.45, 2.75) is 89.6 Å². The molecule has 0 radical (unpaired) electrons. The Morgan fingerprint density at radius 1 is 1.12 bits per heavy atom. The molecule has 4 aliphatic rings. The minimum atomic E-state index is -0.381. The first-order valence-electron chi connectivity index (χ1n) is 20.1. The zero-order chi connectivity index (χ0) is 39.0. The highest BCUT2D eigenvalue weighted by atomic mass is 19.1. The van der Waals surface area contributed by atoms with Gasteiger partial charge >= 0.3 is 6.01 Å². The van der Waals surface area contributed by atoms with Crippen LogP contribution in [0.15, 0.2) is 54.6 Å². The number of carbonyl (C=O) groups is 1. The van der Waals surface area contributed by atoms with Crippen LogP contribution in [0.5, 0.6) is 11.8 Å². The van der Waals surface area contributed by atoms with Crippen LogP contribution >= 0.6 is 0 Å². The molecule has 14 heteroatoms. The van der Waals surface area contributed by atoms with Crippen molar-refractivity contribution >= 4 is 35.2 Å². The van der Waals surface area contributed by atoms with E-state index in [9.17, 15) is 9.18 Å². The number of aldehydes is 1. The van der Waals surface area contributed by atoms with Crippen molar-refractivity contribution in [1.82, 2.24) is 40.5 Å². The minimum Gasteiger partial charge on any atom is -0.486 e. The van der Waals surface area contributed by atoms with E-state index >= 15 is 0 Å². The van der Waals surface area contributed by atoms with Crippen LogP contribution in [-0.2, 0) is 16.1 Å². The fourth-order valence-corrected chi connectivity index (χ4v) is 8.22. The first kappa shape index (κ1) is 37.1. The maximum Gasteiger partial charge on any atom is 0.319 e. The number of allylic oxidation sites excluding steroid dienone is 2. The molecule has 0 amide bonds. The fraction of sp³-hybridized carbons (Fsp3) is 0.442. The van der Waals surface area contributed by atoms with Gasteiger partial charge < -0.3 is 29.2 Å². The summed E-state index contributed by atoms with van der Waals surface area (Å²) in [5.74, 6) is 1.56. The summed E-state index contributed by atoms with van der Waals surface area (Å²) in [6, 6.07) is 10.9. The van der Waals surface area contributed by atoms with Crippen LogP contribution in [0, 0.1) is 5.92 Å². The summed E-state index contributed by atoms with van der Waals surface area (Å²) in [5, 5.41) is 21.7. The molecule has 3 unspecified atom stereocenters. The van der Waals surface area contributed by atoms with E-state index in [0.717, 1.165) is 90.2 Å². The Hall–Kier alpha value is -5.47. The van der Waals surface area contributed by atoms with Crippen molar-refractivity contribution < 1.29 is 23.4 Å². The van der Waals surface area contributed by atoms with E-state index in [4.69, 9.17) is 24.2 Å². The molecule has 2 aromatic carbocycles. The highest BCUT2D eigenvalue weighted by Gasteiger charge is 2.40. The Morgan fingerprint density at radius 2 is 1.95 bits per heavy atom. The monoisotopic (exact) mass is 773 g/mol. The smallest absolute Gasteiger partial charge is 0.319 e. The van der Waals surface area contributed by atoms with Crippen molar-refractivity contribution in [3.05, 3.63) is 81.9 Å². The number of benzene rings is 2. The van der Waals surface area contributed by atoms with Crippen LogP contribution in [0.3, 0.4) is 0 Å². The van der Waals surface area contributed by atoms with Crippen LogP contribution in [0.1, 0.15) is 81.5 Å². The van der Waals surface area contributed by atoms with Gasteiger partial charge in [0.05, 0.1) is 31.0 Å². The molecule has 13 nitrogen and oxygen atoms in total. The summed E-state index contributed by atoms with van der Waals surface area (Å²) in [6.07, 6.45) is 14.0. The second kappa shape index (κ2) is 15.8. The largest absolute Gasteiger partial charge is 0.486 e. The maximum atomic E-state index is 14.6. The topological polar surface area (TPSA) is 145 Å². The second-order valence-corrected chi connectivity index (χ2v) is 15.9. The molecule has 0 spiro atoms. The van der Waals surface area contributed by atoms with E-state index < -0.39 is 0 Å². The number of aromatic nitrogens is 7. The number of piperazine rings is 1. The summed E-state index contributed by atoms with van der Waals surface area (Å²) in [7, 11) is 0. The molecular weight excluding hydrogens is 726 g/mol. The van der Waals surface area contributed by atoms with Gasteiger partial charge in [0.25, 0.3) is 0 Å². The van der Waals surface area contributed by atoms with Crippen molar-refractivity contribution in [2.75, 3.05) is 31.2 Å². The Bertz CT molecular complexity index is 2420. The zero-order valence-corrected chi connectivity index (χ0v) is 32.5. The Kier molecular flexibility index (Phi) is 10.3. The van der Waals surface area contributed by atoms with Gasteiger partial charge in [-0.1, -0.05) is 49.4 Å². The fourth-order valence-electron chi connectivity index (χ4n) is 8.22. The number of carbonyl (C=O) groups excluding carboxylic acids is 1. The molecule has 2 bridgehead atoms. The van der Waals surface area contributed by atoms with E-state index in [1.54, 1.807) is 17.8 Å². The Balaban J connectivity index is 1.16. The average molecular weight is 774 g/mol. The van der Waals surface area contributed by atoms with Crippen molar-refractivity contribution in [3.8, 4) is 23.0 Å². The number of rotatable bonds is 13. The van der Waals surface area contributed by atoms with Gasteiger partial charge in [0.1, 0.15) is 47.9 Å². The molecule has 9 rings (SSSR count). The van der Waals surface area contributed by atoms with Gasteiger partial charge in [0.2, 0.25) is 0 Å². The lowest BCUT2D eigenvalue weighted by Gasteiger charge is -2.30. The third-order valence-electron chi connectivity index (χ3n) is 11.6. The summed E-state index contributed by atoms with van der Waals surface area (Å²) < 4.78 is 35.4. The van der Waals surface area contributed by atoms with E-state index in [1.165, 1.54) is 12.2 Å². The third-order valence-corrected chi connectivity index (χ3v) is 11.6. The van der Waals surface area contributed by atoms with Gasteiger partial charge in [-0.3, -0.25) is 5.10 Å². The number of H-pyrrole nitrogens is 1. The molecular formula is C43H48FN9O4. The number of fused-ring (bicyclic) bond motifs is 3. The van der Waals surface area contributed by atoms with Crippen LogP contribution < -0.4 is 30.3 Å². The lowest BCUT2D eigenvalue weighted by molar-refractivity contribution is -0.111. The van der Waals surface area contributed by atoms with Crippen molar-refractivity contribution in [3.63, 3.8) is 0 Å². The van der Waals surface area contributed by atoms with Gasteiger partial charge in [0, 0.05) is 59.7 Å². The summed E-state index contributed by atoms with van der Waals surface area (Å²) in [6.45, 7) is 8.92. The number of hydrogen-bond donors (Lipinski definition) is 2. The summed E-state index contributed by atoms with van der Waals surface area (Å²) in [4.78, 5) is 24.5. The zero-order valence-electron chi connectivity index (χ0n) is 32.5. The van der Waals surface area contributed by atoms with Gasteiger partial charge in [-0.15, -0.1) is 5.10 Å². The van der Waals surface area contributed by atoms with Crippen LogP contribution in [0.25, 0.3) is 34.3 Å². The highest BCUT2D eigenvalue weighted by Crippen LogP contribution is 2.48. The number of ether oxygens (including phenoxy) is 3. The van der Waals surface area contributed by atoms with Gasteiger partial charge in [-0.25, -0.2) is 9.07 Å². The summed E-state index contributed by atoms with van der Waals surface area (Å²) >= 11 is 0. The molecule has 3 saturated heterocycles. The third kappa shape index (κ3) is 7.67. The molecule has 296 valence electrons. The molecule has 57 heavy (non-hydrogen) atoms. The van der Waals surface area contributed by atoms with E-state index in [-0.39, 0.29) is 30.5 Å².